The molecule has 166 valence electrons. The Morgan fingerprint density at radius 3 is 2.58 bits per heavy atom. The second kappa shape index (κ2) is 11.2. The number of halogens is 1. The maximum atomic E-state index is 11.9. The van der Waals surface area contributed by atoms with E-state index in [4.69, 9.17) is 9.47 Å². The summed E-state index contributed by atoms with van der Waals surface area (Å²) in [5, 5.41) is 6.67. The molecule has 1 amide bonds. The van der Waals surface area contributed by atoms with Crippen LogP contribution in [-0.2, 0) is 17.8 Å². The van der Waals surface area contributed by atoms with Gasteiger partial charge in [0.15, 0.2) is 17.5 Å². The van der Waals surface area contributed by atoms with Crippen molar-refractivity contribution >= 4 is 41.5 Å². The standard InChI is InChI=1S/C23H28N4O3.HI/c1-2-24-23(25-12-11-17-7-10-20-21(14-17)30-16-29-20)26-15-18-5-8-19(9-6-18)27-13-3-4-22(27)28;/h5-10,14H,2-4,11-13,15-16H2,1H3,(H2,24,25,26);1H. The molecule has 2 aromatic rings. The molecular formula is C23H29IN4O3. The maximum Gasteiger partial charge on any atom is 0.231 e. The summed E-state index contributed by atoms with van der Waals surface area (Å²) in [6.07, 6.45) is 2.45. The molecule has 0 aliphatic carbocycles. The molecule has 0 unspecified atom stereocenters. The molecule has 0 saturated carbocycles. The van der Waals surface area contributed by atoms with Crippen molar-refractivity contribution in [2.75, 3.05) is 31.3 Å². The minimum absolute atomic E-state index is 0. The lowest BCUT2D eigenvalue weighted by molar-refractivity contribution is -0.117. The zero-order chi connectivity index (χ0) is 20.8. The predicted molar refractivity (Wildman–Crippen MR) is 133 cm³/mol. The fourth-order valence-electron chi connectivity index (χ4n) is 3.64. The Morgan fingerprint density at radius 1 is 1.06 bits per heavy atom. The highest BCUT2D eigenvalue weighted by Gasteiger charge is 2.21. The SMILES string of the molecule is CCNC(=NCc1ccc(N2CCCC2=O)cc1)NCCc1ccc2c(c1)OCO2.I. The van der Waals surface area contributed by atoms with E-state index < -0.39 is 0 Å². The number of carbonyl (C=O) groups excluding carboxylic acids is 1. The molecule has 31 heavy (non-hydrogen) atoms. The number of nitrogens with zero attached hydrogens (tertiary/aromatic N) is 2. The lowest BCUT2D eigenvalue weighted by atomic mass is 10.1. The van der Waals surface area contributed by atoms with Gasteiger partial charge in [0.2, 0.25) is 12.7 Å². The van der Waals surface area contributed by atoms with Crippen molar-refractivity contribution in [1.29, 1.82) is 0 Å². The number of nitrogens with one attached hydrogen (secondary N) is 2. The third-order valence-electron chi connectivity index (χ3n) is 5.23. The van der Waals surface area contributed by atoms with Gasteiger partial charge in [-0.25, -0.2) is 4.99 Å². The number of guanidine groups is 1. The zero-order valence-electron chi connectivity index (χ0n) is 17.7. The van der Waals surface area contributed by atoms with Crippen LogP contribution in [0.1, 0.15) is 30.9 Å². The Hall–Kier alpha value is -2.49. The summed E-state index contributed by atoms with van der Waals surface area (Å²) >= 11 is 0. The van der Waals surface area contributed by atoms with Gasteiger partial charge in [-0.15, -0.1) is 24.0 Å². The molecule has 0 aromatic heterocycles. The fraction of sp³-hybridized carbons (Fsp3) is 0.391. The second-order valence-electron chi connectivity index (χ2n) is 7.37. The molecule has 2 aromatic carbocycles. The predicted octanol–water partition coefficient (Wildman–Crippen LogP) is 3.46. The molecule has 0 atom stereocenters. The number of ether oxygens (including phenoxy) is 2. The molecule has 2 aliphatic rings. The van der Waals surface area contributed by atoms with E-state index >= 15 is 0 Å². The topological polar surface area (TPSA) is 75.2 Å². The van der Waals surface area contributed by atoms with Crippen LogP contribution in [0.5, 0.6) is 11.5 Å². The summed E-state index contributed by atoms with van der Waals surface area (Å²) in [4.78, 5) is 18.4. The van der Waals surface area contributed by atoms with E-state index in [2.05, 4.69) is 28.6 Å². The van der Waals surface area contributed by atoms with Crippen LogP contribution in [0, 0.1) is 0 Å². The van der Waals surface area contributed by atoms with Crippen LogP contribution in [-0.4, -0.2) is 38.3 Å². The third kappa shape index (κ3) is 6.03. The number of carbonyl (C=O) groups is 1. The first-order valence-electron chi connectivity index (χ1n) is 10.5. The summed E-state index contributed by atoms with van der Waals surface area (Å²) in [6, 6.07) is 14.1. The second-order valence-corrected chi connectivity index (χ2v) is 7.37. The fourth-order valence-corrected chi connectivity index (χ4v) is 3.64. The molecule has 4 rings (SSSR count). The van der Waals surface area contributed by atoms with Gasteiger partial charge in [0.1, 0.15) is 0 Å². The normalized spacial score (nSPS) is 15.1. The molecule has 2 heterocycles. The summed E-state index contributed by atoms with van der Waals surface area (Å²) < 4.78 is 10.8. The number of benzene rings is 2. The first-order chi connectivity index (χ1) is 14.7. The van der Waals surface area contributed by atoms with E-state index in [0.29, 0.717) is 19.8 Å². The Bertz CT molecular complexity index is 918. The lowest BCUT2D eigenvalue weighted by Crippen LogP contribution is -2.38. The molecule has 2 aliphatic heterocycles. The number of hydrogen-bond donors (Lipinski definition) is 2. The first kappa shape index (κ1) is 23.2. The van der Waals surface area contributed by atoms with Crippen LogP contribution in [0.3, 0.4) is 0 Å². The Balaban J connectivity index is 0.00000272. The molecule has 1 fully saturated rings. The van der Waals surface area contributed by atoms with Gasteiger partial charge >= 0.3 is 0 Å². The van der Waals surface area contributed by atoms with E-state index in [9.17, 15) is 4.79 Å². The molecule has 2 N–H and O–H groups in total. The van der Waals surface area contributed by atoms with Gasteiger partial charge in [0.25, 0.3) is 0 Å². The monoisotopic (exact) mass is 536 g/mol. The quantitative estimate of drug-likeness (QED) is 0.322. The summed E-state index contributed by atoms with van der Waals surface area (Å²) in [7, 11) is 0. The van der Waals surface area contributed by atoms with Gasteiger partial charge in [-0.1, -0.05) is 18.2 Å². The van der Waals surface area contributed by atoms with Gasteiger partial charge < -0.3 is 25.0 Å². The van der Waals surface area contributed by atoms with E-state index in [0.717, 1.165) is 61.2 Å². The molecular weight excluding hydrogens is 507 g/mol. The maximum absolute atomic E-state index is 11.9. The van der Waals surface area contributed by atoms with Crippen molar-refractivity contribution in [3.8, 4) is 11.5 Å². The van der Waals surface area contributed by atoms with Crippen LogP contribution >= 0.6 is 24.0 Å². The van der Waals surface area contributed by atoms with Gasteiger partial charge in [-0.2, -0.15) is 0 Å². The van der Waals surface area contributed by atoms with Crippen molar-refractivity contribution < 1.29 is 14.3 Å². The Labute approximate surface area is 200 Å². The van der Waals surface area contributed by atoms with Crippen molar-refractivity contribution in [2.45, 2.75) is 32.7 Å². The molecule has 7 nitrogen and oxygen atoms in total. The van der Waals surface area contributed by atoms with E-state index in [1.165, 1.54) is 5.56 Å². The van der Waals surface area contributed by atoms with E-state index in [1.807, 2.05) is 41.3 Å². The van der Waals surface area contributed by atoms with Crippen molar-refractivity contribution in [3.63, 3.8) is 0 Å². The average Bonchev–Trinajstić information content (AvgIpc) is 3.41. The zero-order valence-corrected chi connectivity index (χ0v) is 20.1. The highest BCUT2D eigenvalue weighted by molar-refractivity contribution is 14.0. The summed E-state index contributed by atoms with van der Waals surface area (Å²) in [6.45, 7) is 5.30. The minimum atomic E-state index is 0. The van der Waals surface area contributed by atoms with E-state index in [-0.39, 0.29) is 29.9 Å². The highest BCUT2D eigenvalue weighted by atomic mass is 127. The van der Waals surface area contributed by atoms with Crippen LogP contribution in [0.2, 0.25) is 0 Å². The van der Waals surface area contributed by atoms with Gasteiger partial charge in [0.05, 0.1) is 6.54 Å². The third-order valence-corrected chi connectivity index (χ3v) is 5.23. The van der Waals surface area contributed by atoms with Gasteiger partial charge in [0, 0.05) is 31.7 Å². The smallest absolute Gasteiger partial charge is 0.231 e. The number of aliphatic imine (C=N–C) groups is 1. The average molecular weight is 536 g/mol. The number of amides is 1. The highest BCUT2D eigenvalue weighted by Crippen LogP contribution is 2.32. The number of rotatable bonds is 7. The number of hydrogen-bond acceptors (Lipinski definition) is 4. The van der Waals surface area contributed by atoms with Crippen LogP contribution in [0.15, 0.2) is 47.5 Å². The number of anilines is 1. The van der Waals surface area contributed by atoms with Crippen molar-refractivity contribution in [1.82, 2.24) is 10.6 Å². The van der Waals surface area contributed by atoms with Crippen molar-refractivity contribution in [2.24, 2.45) is 4.99 Å². The number of fused-ring (bicyclic) bond motifs is 1. The lowest BCUT2D eigenvalue weighted by Gasteiger charge is -2.16. The summed E-state index contributed by atoms with van der Waals surface area (Å²) in [5.41, 5.74) is 3.27. The Kier molecular flexibility index (Phi) is 8.39. The van der Waals surface area contributed by atoms with Crippen LogP contribution < -0.4 is 25.0 Å². The molecule has 0 radical (unpaired) electrons. The van der Waals surface area contributed by atoms with Gasteiger partial charge in [-0.3, -0.25) is 4.79 Å². The molecule has 8 heteroatoms. The van der Waals surface area contributed by atoms with Crippen molar-refractivity contribution in [3.05, 3.63) is 53.6 Å². The molecule has 0 bridgehead atoms. The first-order valence-corrected chi connectivity index (χ1v) is 10.5. The van der Waals surface area contributed by atoms with Gasteiger partial charge in [-0.05, 0) is 55.2 Å². The Morgan fingerprint density at radius 2 is 1.84 bits per heavy atom. The largest absolute Gasteiger partial charge is 0.454 e. The minimum Gasteiger partial charge on any atom is -0.454 e. The van der Waals surface area contributed by atoms with Crippen LogP contribution in [0.25, 0.3) is 0 Å². The van der Waals surface area contributed by atoms with Crippen LogP contribution in [0.4, 0.5) is 5.69 Å². The molecule has 0 spiro atoms. The van der Waals surface area contributed by atoms with E-state index in [1.54, 1.807) is 0 Å². The summed E-state index contributed by atoms with van der Waals surface area (Å²) in [5.74, 6) is 2.62. The molecule has 1 saturated heterocycles.